The number of likely N-dealkylation sites (N-methyl/N-ethyl adjacent to an activating group) is 1. The van der Waals surface area contributed by atoms with Crippen LogP contribution in [0.2, 0.25) is 0 Å². The molecule has 0 saturated carbocycles. The lowest BCUT2D eigenvalue weighted by Crippen LogP contribution is -2.58. The van der Waals surface area contributed by atoms with E-state index in [2.05, 4.69) is 49.9 Å². The summed E-state index contributed by atoms with van der Waals surface area (Å²) in [5.74, 6) is 0. The van der Waals surface area contributed by atoms with Gasteiger partial charge >= 0.3 is 0 Å². The highest BCUT2D eigenvalue weighted by Gasteiger charge is 2.28. The monoisotopic (exact) mass is 241 g/mol. The standard InChI is InChI=1S/C14H31N3/c1-6-7-13(2)15-12-14(3,4)17-10-8-16(5)9-11-17/h13,15H,6-12H2,1-5H3. The fourth-order valence-corrected chi connectivity index (χ4v) is 2.48. The Balaban J connectivity index is 2.34. The van der Waals surface area contributed by atoms with Crippen LogP contribution in [0.1, 0.15) is 40.5 Å². The van der Waals surface area contributed by atoms with Gasteiger partial charge in [0.15, 0.2) is 0 Å². The van der Waals surface area contributed by atoms with Crippen molar-refractivity contribution in [3.05, 3.63) is 0 Å². The average Bonchev–Trinajstić information content (AvgIpc) is 2.28. The zero-order chi connectivity index (χ0) is 12.9. The van der Waals surface area contributed by atoms with Crippen LogP contribution in [0.5, 0.6) is 0 Å². The predicted octanol–water partition coefficient (Wildman–Crippen LogP) is 1.79. The molecule has 1 atom stereocenters. The van der Waals surface area contributed by atoms with E-state index in [0.29, 0.717) is 6.04 Å². The fourth-order valence-electron chi connectivity index (χ4n) is 2.48. The summed E-state index contributed by atoms with van der Waals surface area (Å²) in [6, 6.07) is 0.645. The first kappa shape index (κ1) is 14.9. The van der Waals surface area contributed by atoms with Gasteiger partial charge in [0, 0.05) is 44.3 Å². The summed E-state index contributed by atoms with van der Waals surface area (Å²) in [6.07, 6.45) is 2.54. The molecule has 0 bridgehead atoms. The van der Waals surface area contributed by atoms with Gasteiger partial charge in [0.2, 0.25) is 0 Å². The first-order valence-electron chi connectivity index (χ1n) is 7.12. The van der Waals surface area contributed by atoms with Crippen molar-refractivity contribution in [2.75, 3.05) is 39.8 Å². The molecule has 3 heteroatoms. The molecule has 0 amide bonds. The summed E-state index contributed by atoms with van der Waals surface area (Å²) in [5.41, 5.74) is 0.281. The van der Waals surface area contributed by atoms with Crippen LogP contribution >= 0.6 is 0 Å². The van der Waals surface area contributed by atoms with Gasteiger partial charge in [-0.25, -0.2) is 0 Å². The number of nitrogens with one attached hydrogen (secondary N) is 1. The maximum Gasteiger partial charge on any atom is 0.0278 e. The normalized spacial score (nSPS) is 21.7. The quantitative estimate of drug-likeness (QED) is 0.765. The highest BCUT2D eigenvalue weighted by atomic mass is 15.3. The van der Waals surface area contributed by atoms with E-state index in [9.17, 15) is 0 Å². The molecule has 1 N–H and O–H groups in total. The van der Waals surface area contributed by atoms with E-state index < -0.39 is 0 Å². The number of nitrogens with zero attached hydrogens (tertiary/aromatic N) is 2. The summed E-state index contributed by atoms with van der Waals surface area (Å²) < 4.78 is 0. The molecular formula is C14H31N3. The Labute approximate surface area is 108 Å². The van der Waals surface area contributed by atoms with Gasteiger partial charge in [-0.05, 0) is 34.2 Å². The maximum atomic E-state index is 3.68. The smallest absolute Gasteiger partial charge is 0.0278 e. The molecule has 1 rings (SSSR count). The van der Waals surface area contributed by atoms with Crippen LogP contribution in [-0.4, -0.2) is 61.2 Å². The fraction of sp³-hybridized carbons (Fsp3) is 1.00. The molecule has 1 aliphatic heterocycles. The Morgan fingerprint density at radius 2 is 1.76 bits per heavy atom. The molecule has 0 aromatic carbocycles. The van der Waals surface area contributed by atoms with Gasteiger partial charge in [-0.2, -0.15) is 0 Å². The summed E-state index contributed by atoms with van der Waals surface area (Å²) in [6.45, 7) is 15.2. The van der Waals surface area contributed by atoms with Gasteiger partial charge in [-0.3, -0.25) is 4.90 Å². The largest absolute Gasteiger partial charge is 0.312 e. The summed E-state index contributed by atoms with van der Waals surface area (Å²) in [7, 11) is 2.21. The van der Waals surface area contributed by atoms with E-state index in [1.165, 1.54) is 39.0 Å². The van der Waals surface area contributed by atoms with Crippen LogP contribution in [0.3, 0.4) is 0 Å². The Bertz CT molecular complexity index is 208. The van der Waals surface area contributed by atoms with Gasteiger partial charge in [0.25, 0.3) is 0 Å². The Morgan fingerprint density at radius 3 is 2.29 bits per heavy atom. The highest BCUT2D eigenvalue weighted by molar-refractivity contribution is 4.87. The summed E-state index contributed by atoms with van der Waals surface area (Å²) >= 11 is 0. The molecule has 0 spiro atoms. The summed E-state index contributed by atoms with van der Waals surface area (Å²) in [5, 5.41) is 3.68. The average molecular weight is 241 g/mol. The number of piperazine rings is 1. The van der Waals surface area contributed by atoms with Crippen molar-refractivity contribution in [2.24, 2.45) is 0 Å². The zero-order valence-electron chi connectivity index (χ0n) is 12.4. The number of hydrogen-bond donors (Lipinski definition) is 1. The van der Waals surface area contributed by atoms with Crippen molar-refractivity contribution in [3.63, 3.8) is 0 Å². The maximum absolute atomic E-state index is 3.68. The molecule has 0 aliphatic carbocycles. The SMILES string of the molecule is CCCC(C)NCC(C)(C)N1CCN(C)CC1. The molecule has 1 fully saturated rings. The van der Waals surface area contributed by atoms with Crippen molar-refractivity contribution in [1.82, 2.24) is 15.1 Å². The minimum Gasteiger partial charge on any atom is -0.312 e. The topological polar surface area (TPSA) is 18.5 Å². The molecule has 102 valence electrons. The van der Waals surface area contributed by atoms with E-state index in [4.69, 9.17) is 0 Å². The minimum atomic E-state index is 0.281. The second-order valence-corrected chi connectivity index (χ2v) is 6.17. The van der Waals surface area contributed by atoms with Crippen molar-refractivity contribution < 1.29 is 0 Å². The molecule has 1 saturated heterocycles. The molecule has 0 aromatic heterocycles. The lowest BCUT2D eigenvalue weighted by molar-refractivity contribution is 0.0603. The third-order valence-corrected chi connectivity index (χ3v) is 3.96. The van der Waals surface area contributed by atoms with Crippen LogP contribution < -0.4 is 5.32 Å². The van der Waals surface area contributed by atoms with E-state index >= 15 is 0 Å². The van der Waals surface area contributed by atoms with Crippen LogP contribution in [0.4, 0.5) is 0 Å². The molecule has 1 unspecified atom stereocenters. The zero-order valence-corrected chi connectivity index (χ0v) is 12.4. The van der Waals surface area contributed by atoms with Crippen LogP contribution in [0, 0.1) is 0 Å². The van der Waals surface area contributed by atoms with E-state index in [-0.39, 0.29) is 5.54 Å². The minimum absolute atomic E-state index is 0.281. The van der Waals surface area contributed by atoms with Gasteiger partial charge in [0.05, 0.1) is 0 Å². The summed E-state index contributed by atoms with van der Waals surface area (Å²) in [4.78, 5) is 5.04. The predicted molar refractivity (Wildman–Crippen MR) is 75.5 cm³/mol. The van der Waals surface area contributed by atoms with Crippen molar-refractivity contribution in [3.8, 4) is 0 Å². The Kier molecular flexibility index (Phi) is 5.90. The van der Waals surface area contributed by atoms with Crippen molar-refractivity contribution in [1.29, 1.82) is 0 Å². The molecule has 1 aliphatic rings. The van der Waals surface area contributed by atoms with Crippen molar-refractivity contribution >= 4 is 0 Å². The first-order valence-corrected chi connectivity index (χ1v) is 7.12. The molecular weight excluding hydrogens is 210 g/mol. The van der Waals surface area contributed by atoms with E-state index in [1.807, 2.05) is 0 Å². The molecule has 0 aromatic rings. The second kappa shape index (κ2) is 6.72. The third kappa shape index (κ3) is 4.94. The van der Waals surface area contributed by atoms with Gasteiger partial charge < -0.3 is 10.2 Å². The first-order chi connectivity index (χ1) is 7.95. The highest BCUT2D eigenvalue weighted by Crippen LogP contribution is 2.16. The van der Waals surface area contributed by atoms with Crippen LogP contribution in [0.25, 0.3) is 0 Å². The second-order valence-electron chi connectivity index (χ2n) is 6.17. The molecule has 3 nitrogen and oxygen atoms in total. The molecule has 17 heavy (non-hydrogen) atoms. The van der Waals surface area contributed by atoms with E-state index in [0.717, 1.165) is 6.54 Å². The van der Waals surface area contributed by atoms with Crippen molar-refractivity contribution in [2.45, 2.75) is 52.1 Å². The molecule has 0 radical (unpaired) electrons. The number of rotatable bonds is 6. The Hall–Kier alpha value is -0.120. The Morgan fingerprint density at radius 1 is 1.18 bits per heavy atom. The number of hydrogen-bond acceptors (Lipinski definition) is 3. The molecule has 1 heterocycles. The van der Waals surface area contributed by atoms with E-state index in [1.54, 1.807) is 0 Å². The van der Waals surface area contributed by atoms with Gasteiger partial charge in [-0.15, -0.1) is 0 Å². The van der Waals surface area contributed by atoms with Crippen LogP contribution in [-0.2, 0) is 0 Å². The van der Waals surface area contributed by atoms with Gasteiger partial charge in [-0.1, -0.05) is 13.3 Å². The lowest BCUT2D eigenvalue weighted by Gasteiger charge is -2.43. The third-order valence-electron chi connectivity index (χ3n) is 3.96. The van der Waals surface area contributed by atoms with Crippen LogP contribution in [0.15, 0.2) is 0 Å². The van der Waals surface area contributed by atoms with Gasteiger partial charge in [0.1, 0.15) is 0 Å². The lowest BCUT2D eigenvalue weighted by atomic mass is 10.0.